The monoisotopic (exact) mass is 446 g/mol. The first-order valence-electron chi connectivity index (χ1n) is 9.57. The van der Waals surface area contributed by atoms with Crippen molar-refractivity contribution < 1.29 is 14.7 Å². The van der Waals surface area contributed by atoms with Crippen LogP contribution in [0.5, 0.6) is 5.75 Å². The van der Waals surface area contributed by atoms with E-state index in [1.54, 1.807) is 48.5 Å². The van der Waals surface area contributed by atoms with E-state index < -0.39 is 6.04 Å². The van der Waals surface area contributed by atoms with E-state index in [0.29, 0.717) is 18.4 Å². The Morgan fingerprint density at radius 3 is 2.36 bits per heavy atom. The summed E-state index contributed by atoms with van der Waals surface area (Å²) in [4.78, 5) is 25.4. The van der Waals surface area contributed by atoms with Crippen molar-refractivity contribution in [3.63, 3.8) is 0 Å². The molecule has 0 aliphatic rings. The average molecular weight is 447 g/mol. The van der Waals surface area contributed by atoms with Crippen LogP contribution in [0.3, 0.4) is 0 Å². The highest BCUT2D eigenvalue weighted by atomic mass is 79.9. The fraction of sp³-hybridized carbons (Fsp3) is 0.364. The number of Topliss-reactive ketones (excluding diaryl/α,β-unsaturated/α-hetero) is 1. The largest absolute Gasteiger partial charge is 0.508 e. The first-order chi connectivity index (χ1) is 13.5. The third-order valence-corrected chi connectivity index (χ3v) is 4.91. The van der Waals surface area contributed by atoms with E-state index in [1.165, 1.54) is 0 Å². The molecule has 1 atom stereocenters. The van der Waals surface area contributed by atoms with E-state index in [4.69, 9.17) is 0 Å². The van der Waals surface area contributed by atoms with Crippen LogP contribution < -0.4 is 10.6 Å². The van der Waals surface area contributed by atoms with Crippen molar-refractivity contribution in [2.75, 3.05) is 13.1 Å². The lowest BCUT2D eigenvalue weighted by Gasteiger charge is -2.18. The molecule has 0 saturated heterocycles. The Kier molecular flexibility index (Phi) is 9.17. The van der Waals surface area contributed by atoms with Gasteiger partial charge in [-0.2, -0.15) is 0 Å². The number of rotatable bonds is 11. The Balaban J connectivity index is 2.03. The second-order valence-corrected chi connectivity index (χ2v) is 7.64. The van der Waals surface area contributed by atoms with Crippen LogP contribution in [0.1, 0.15) is 42.1 Å². The third kappa shape index (κ3) is 7.44. The highest BCUT2D eigenvalue weighted by Crippen LogP contribution is 2.14. The molecule has 0 heterocycles. The molecule has 0 spiro atoms. The molecule has 0 aliphatic carbocycles. The van der Waals surface area contributed by atoms with Crippen LogP contribution in [0.2, 0.25) is 0 Å². The Morgan fingerprint density at radius 2 is 1.71 bits per heavy atom. The minimum atomic E-state index is -0.605. The van der Waals surface area contributed by atoms with Gasteiger partial charge in [0.1, 0.15) is 5.75 Å². The fourth-order valence-electron chi connectivity index (χ4n) is 2.82. The molecular formula is C22H27BrN2O3. The molecule has 150 valence electrons. The zero-order chi connectivity index (χ0) is 20.4. The van der Waals surface area contributed by atoms with Crippen molar-refractivity contribution in [1.29, 1.82) is 0 Å². The van der Waals surface area contributed by atoms with Crippen molar-refractivity contribution >= 4 is 27.6 Å². The molecule has 0 saturated carbocycles. The molecule has 3 N–H and O–H groups in total. The fourth-order valence-corrected chi connectivity index (χ4v) is 3.08. The lowest BCUT2D eigenvalue weighted by molar-refractivity contribution is -0.121. The quantitative estimate of drug-likeness (QED) is 0.458. The summed E-state index contributed by atoms with van der Waals surface area (Å²) in [7, 11) is 0. The summed E-state index contributed by atoms with van der Waals surface area (Å²) in [5.41, 5.74) is 1.40. The summed E-state index contributed by atoms with van der Waals surface area (Å²) >= 11 is 3.35. The molecule has 1 unspecified atom stereocenters. The second kappa shape index (κ2) is 11.6. The number of carbonyl (C=O) groups is 2. The number of benzene rings is 2. The van der Waals surface area contributed by atoms with Gasteiger partial charge in [0.15, 0.2) is 5.78 Å². The predicted molar refractivity (Wildman–Crippen MR) is 115 cm³/mol. The van der Waals surface area contributed by atoms with E-state index >= 15 is 0 Å². The number of ketones is 1. The van der Waals surface area contributed by atoms with Gasteiger partial charge in [0.05, 0.1) is 6.04 Å². The molecular weight excluding hydrogens is 420 g/mol. The Labute approximate surface area is 174 Å². The normalized spacial score (nSPS) is 11.8. The third-order valence-electron chi connectivity index (χ3n) is 4.38. The number of phenolic OH excluding ortho intramolecular Hbond substituents is 1. The average Bonchev–Trinajstić information content (AvgIpc) is 2.69. The maximum Gasteiger partial charge on any atom is 0.251 e. The van der Waals surface area contributed by atoms with E-state index in [-0.39, 0.29) is 17.4 Å². The Hall–Kier alpha value is -2.18. The summed E-state index contributed by atoms with van der Waals surface area (Å²) in [6, 6.07) is 13.1. The van der Waals surface area contributed by atoms with E-state index in [9.17, 15) is 14.7 Å². The lowest BCUT2D eigenvalue weighted by atomic mass is 9.99. The van der Waals surface area contributed by atoms with Crippen LogP contribution in [0, 0.1) is 0 Å². The molecule has 0 bridgehead atoms. The SMILES string of the molecule is CCCNCCCC(=O)C(Cc1ccc(O)cc1)NC(=O)c1ccc(Br)cc1. The second-order valence-electron chi connectivity index (χ2n) is 6.72. The molecule has 2 aromatic carbocycles. The predicted octanol–water partition coefficient (Wildman–Crippen LogP) is 3.84. The summed E-state index contributed by atoms with van der Waals surface area (Å²) in [5, 5.41) is 15.6. The number of nitrogens with one attached hydrogen (secondary N) is 2. The van der Waals surface area contributed by atoms with Gasteiger partial charge in [-0.05, 0) is 74.3 Å². The molecule has 5 nitrogen and oxygen atoms in total. The van der Waals surface area contributed by atoms with Crippen LogP contribution in [0.25, 0.3) is 0 Å². The maximum atomic E-state index is 12.8. The Bertz CT molecular complexity index is 760. The number of aromatic hydroxyl groups is 1. The molecule has 0 aliphatic heterocycles. The molecule has 0 aromatic heterocycles. The van der Waals surface area contributed by atoms with Gasteiger partial charge in [0.25, 0.3) is 5.91 Å². The minimum absolute atomic E-state index is 0.0110. The highest BCUT2D eigenvalue weighted by molar-refractivity contribution is 9.10. The molecule has 6 heteroatoms. The summed E-state index contributed by atoms with van der Waals surface area (Å²) < 4.78 is 0.889. The van der Waals surface area contributed by atoms with Gasteiger partial charge in [0, 0.05) is 16.5 Å². The van der Waals surface area contributed by atoms with Crippen LogP contribution in [0.4, 0.5) is 0 Å². The van der Waals surface area contributed by atoms with Gasteiger partial charge < -0.3 is 15.7 Å². The van der Waals surface area contributed by atoms with Gasteiger partial charge in [-0.1, -0.05) is 35.0 Å². The zero-order valence-electron chi connectivity index (χ0n) is 16.1. The zero-order valence-corrected chi connectivity index (χ0v) is 17.7. The number of halogens is 1. The first-order valence-corrected chi connectivity index (χ1v) is 10.4. The van der Waals surface area contributed by atoms with Gasteiger partial charge in [0.2, 0.25) is 0 Å². The maximum absolute atomic E-state index is 12.8. The van der Waals surface area contributed by atoms with E-state index in [1.807, 2.05) is 0 Å². The van der Waals surface area contributed by atoms with E-state index in [2.05, 4.69) is 33.5 Å². The van der Waals surface area contributed by atoms with Gasteiger partial charge in [-0.25, -0.2) is 0 Å². The molecule has 1 amide bonds. The van der Waals surface area contributed by atoms with Crippen molar-refractivity contribution in [2.24, 2.45) is 0 Å². The Morgan fingerprint density at radius 1 is 1.04 bits per heavy atom. The van der Waals surface area contributed by atoms with Crippen molar-refractivity contribution in [2.45, 2.75) is 38.6 Å². The van der Waals surface area contributed by atoms with Crippen molar-refractivity contribution in [1.82, 2.24) is 10.6 Å². The van der Waals surface area contributed by atoms with Crippen LogP contribution in [-0.2, 0) is 11.2 Å². The number of phenols is 1. The van der Waals surface area contributed by atoms with Crippen LogP contribution in [-0.4, -0.2) is 35.9 Å². The standard InChI is InChI=1S/C22H27BrN2O3/c1-2-13-24-14-3-4-21(27)20(15-16-5-11-19(26)12-6-16)25-22(28)17-7-9-18(23)10-8-17/h5-12,20,24,26H,2-4,13-15H2,1H3,(H,25,28). The summed E-state index contributed by atoms with van der Waals surface area (Å²) in [5.74, 6) is -0.0851. The minimum Gasteiger partial charge on any atom is -0.508 e. The van der Waals surface area contributed by atoms with E-state index in [0.717, 1.165) is 36.0 Å². The van der Waals surface area contributed by atoms with Crippen molar-refractivity contribution in [3.8, 4) is 5.75 Å². The molecule has 0 radical (unpaired) electrons. The van der Waals surface area contributed by atoms with Crippen LogP contribution in [0.15, 0.2) is 53.0 Å². The van der Waals surface area contributed by atoms with Crippen molar-refractivity contribution in [3.05, 3.63) is 64.1 Å². The summed E-state index contributed by atoms with van der Waals surface area (Å²) in [6.07, 6.45) is 2.59. The first kappa shape index (κ1) is 22.1. The van der Waals surface area contributed by atoms with Gasteiger partial charge in [-0.15, -0.1) is 0 Å². The molecule has 2 rings (SSSR count). The number of hydrogen-bond acceptors (Lipinski definition) is 4. The number of carbonyl (C=O) groups excluding carboxylic acids is 2. The molecule has 0 fully saturated rings. The number of hydrogen-bond donors (Lipinski definition) is 3. The highest BCUT2D eigenvalue weighted by Gasteiger charge is 2.21. The number of amides is 1. The van der Waals surface area contributed by atoms with Gasteiger partial charge >= 0.3 is 0 Å². The van der Waals surface area contributed by atoms with Gasteiger partial charge in [-0.3, -0.25) is 9.59 Å². The summed E-state index contributed by atoms with van der Waals surface area (Å²) in [6.45, 7) is 3.82. The molecule has 28 heavy (non-hydrogen) atoms. The lowest BCUT2D eigenvalue weighted by Crippen LogP contribution is -2.42. The topological polar surface area (TPSA) is 78.4 Å². The molecule has 2 aromatic rings. The van der Waals surface area contributed by atoms with Crippen LogP contribution >= 0.6 is 15.9 Å². The smallest absolute Gasteiger partial charge is 0.251 e.